The molecule has 25 heavy (non-hydrogen) atoms. The second-order valence-electron chi connectivity index (χ2n) is 5.27. The van der Waals surface area contributed by atoms with Crippen molar-refractivity contribution in [1.29, 1.82) is 0 Å². The molecule has 0 radical (unpaired) electrons. The third-order valence-corrected chi connectivity index (χ3v) is 3.91. The van der Waals surface area contributed by atoms with E-state index >= 15 is 0 Å². The Labute approximate surface area is 149 Å². The van der Waals surface area contributed by atoms with Crippen LogP contribution in [0, 0.1) is 0 Å². The van der Waals surface area contributed by atoms with Gasteiger partial charge in [-0.15, -0.1) is 0 Å². The fraction of sp³-hybridized carbons (Fsp3) is 0.111. The quantitative estimate of drug-likeness (QED) is 0.745. The number of halogens is 1. The van der Waals surface area contributed by atoms with Crippen molar-refractivity contribution in [3.63, 3.8) is 0 Å². The van der Waals surface area contributed by atoms with Crippen molar-refractivity contribution in [2.75, 3.05) is 12.4 Å². The number of amides is 1. The number of benzene rings is 2. The van der Waals surface area contributed by atoms with Gasteiger partial charge in [0.15, 0.2) is 0 Å². The smallest absolute Gasteiger partial charge is 0.411 e. The highest BCUT2D eigenvalue weighted by Gasteiger charge is 2.18. The Morgan fingerprint density at radius 2 is 1.92 bits per heavy atom. The van der Waals surface area contributed by atoms with Gasteiger partial charge in [0.05, 0.1) is 24.2 Å². The number of rotatable bonds is 4. The Morgan fingerprint density at radius 3 is 2.64 bits per heavy atom. The average molecular weight is 358 g/mol. The third-order valence-electron chi connectivity index (χ3n) is 3.66. The molecule has 128 valence electrons. The van der Waals surface area contributed by atoms with E-state index < -0.39 is 12.2 Å². The molecular weight excluding hydrogens is 342 g/mol. The van der Waals surface area contributed by atoms with Crippen molar-refractivity contribution in [3.05, 3.63) is 77.1 Å². The fourth-order valence-corrected chi connectivity index (χ4v) is 2.52. The first-order valence-corrected chi connectivity index (χ1v) is 7.90. The van der Waals surface area contributed by atoms with E-state index in [1.54, 1.807) is 53.3 Å². The van der Waals surface area contributed by atoms with Crippen molar-refractivity contribution in [2.24, 2.45) is 0 Å². The highest BCUT2D eigenvalue weighted by molar-refractivity contribution is 6.30. The maximum atomic E-state index is 11.5. The number of hydrogen-bond donors (Lipinski definition) is 2. The minimum Gasteiger partial charge on any atom is -0.453 e. The minimum absolute atomic E-state index is 0.453. The number of carbonyl (C=O) groups excluding carboxylic acids is 1. The van der Waals surface area contributed by atoms with Gasteiger partial charge in [0.1, 0.15) is 6.10 Å². The summed E-state index contributed by atoms with van der Waals surface area (Å²) in [6.45, 7) is 0. The Balaban J connectivity index is 1.88. The number of hydrogen-bond acceptors (Lipinski definition) is 4. The number of carbonyl (C=O) groups is 1. The first kappa shape index (κ1) is 17.0. The summed E-state index contributed by atoms with van der Waals surface area (Å²) in [6, 6.07) is 15.9. The Hall–Kier alpha value is -2.83. The van der Waals surface area contributed by atoms with Crippen LogP contribution in [0.2, 0.25) is 5.02 Å². The molecule has 3 aromatic rings. The summed E-state index contributed by atoms with van der Waals surface area (Å²) in [4.78, 5) is 11.5. The van der Waals surface area contributed by atoms with Gasteiger partial charge in [-0.05, 0) is 36.4 Å². The Bertz CT molecular complexity index is 877. The van der Waals surface area contributed by atoms with Crippen LogP contribution in [0.3, 0.4) is 0 Å². The third kappa shape index (κ3) is 3.81. The van der Waals surface area contributed by atoms with Crippen LogP contribution >= 0.6 is 11.6 Å². The number of methoxy groups -OCH3 is 1. The second kappa shape index (κ2) is 7.38. The van der Waals surface area contributed by atoms with E-state index in [0.717, 1.165) is 5.69 Å². The standard InChI is InChI=1S/C18H16ClN3O3/c1-25-18(24)20-15-5-3-2-4-14(15)17(23)16-10-11-22(21-16)13-8-6-12(19)7-9-13/h2-11,17,23H,1H3,(H,20,24). The highest BCUT2D eigenvalue weighted by Crippen LogP contribution is 2.28. The summed E-state index contributed by atoms with van der Waals surface area (Å²) in [5.74, 6) is 0. The zero-order valence-electron chi connectivity index (χ0n) is 13.4. The number of nitrogens with one attached hydrogen (secondary N) is 1. The summed E-state index contributed by atoms with van der Waals surface area (Å²) < 4.78 is 6.25. The lowest BCUT2D eigenvalue weighted by Gasteiger charge is -2.14. The maximum Gasteiger partial charge on any atom is 0.411 e. The average Bonchev–Trinajstić information content (AvgIpc) is 3.12. The molecule has 0 bridgehead atoms. The molecule has 1 atom stereocenters. The van der Waals surface area contributed by atoms with Gasteiger partial charge in [0.2, 0.25) is 0 Å². The van der Waals surface area contributed by atoms with Crippen LogP contribution in [0.25, 0.3) is 5.69 Å². The summed E-state index contributed by atoms with van der Waals surface area (Å²) in [7, 11) is 1.28. The predicted molar refractivity (Wildman–Crippen MR) is 95.1 cm³/mol. The molecule has 0 aliphatic heterocycles. The monoisotopic (exact) mass is 357 g/mol. The topological polar surface area (TPSA) is 76.4 Å². The van der Waals surface area contributed by atoms with Crippen molar-refractivity contribution < 1.29 is 14.6 Å². The minimum atomic E-state index is -0.998. The molecule has 7 heteroatoms. The lowest BCUT2D eigenvalue weighted by molar-refractivity contribution is 0.186. The molecule has 1 amide bonds. The van der Waals surface area contributed by atoms with Gasteiger partial charge in [-0.2, -0.15) is 5.10 Å². The van der Waals surface area contributed by atoms with Gasteiger partial charge in [-0.3, -0.25) is 5.32 Å². The molecule has 6 nitrogen and oxygen atoms in total. The van der Waals surface area contributed by atoms with Gasteiger partial charge >= 0.3 is 6.09 Å². The molecule has 3 rings (SSSR count). The zero-order chi connectivity index (χ0) is 17.8. The number of anilines is 1. The normalized spacial score (nSPS) is 11.8. The zero-order valence-corrected chi connectivity index (χ0v) is 14.1. The number of aliphatic hydroxyl groups is 1. The first-order valence-electron chi connectivity index (χ1n) is 7.52. The van der Waals surface area contributed by atoms with Gasteiger partial charge < -0.3 is 9.84 Å². The van der Waals surface area contributed by atoms with E-state index in [2.05, 4.69) is 15.2 Å². The fourth-order valence-electron chi connectivity index (χ4n) is 2.39. The van der Waals surface area contributed by atoms with Crippen molar-refractivity contribution in [1.82, 2.24) is 9.78 Å². The highest BCUT2D eigenvalue weighted by atomic mass is 35.5. The molecule has 0 saturated heterocycles. The molecular formula is C18H16ClN3O3. The molecule has 0 spiro atoms. The number of para-hydroxylation sites is 1. The lowest BCUT2D eigenvalue weighted by atomic mass is 10.0. The molecule has 0 saturated carbocycles. The van der Waals surface area contributed by atoms with Gasteiger partial charge in [-0.1, -0.05) is 29.8 Å². The number of aromatic nitrogens is 2. The molecule has 1 aromatic heterocycles. The summed E-state index contributed by atoms with van der Waals surface area (Å²) in [5.41, 5.74) is 2.26. The van der Waals surface area contributed by atoms with Crippen LogP contribution in [0.4, 0.5) is 10.5 Å². The summed E-state index contributed by atoms with van der Waals surface area (Å²) >= 11 is 5.89. The molecule has 0 aliphatic carbocycles. The van der Waals surface area contributed by atoms with Crippen LogP contribution in [-0.2, 0) is 4.74 Å². The van der Waals surface area contributed by atoms with Crippen molar-refractivity contribution >= 4 is 23.4 Å². The second-order valence-corrected chi connectivity index (χ2v) is 5.70. The van der Waals surface area contributed by atoms with Crippen LogP contribution in [0.1, 0.15) is 17.4 Å². The van der Waals surface area contributed by atoms with Crippen LogP contribution in [0.15, 0.2) is 60.8 Å². The number of ether oxygens (including phenoxy) is 1. The van der Waals surface area contributed by atoms with Gasteiger partial charge in [-0.25, -0.2) is 9.48 Å². The molecule has 2 N–H and O–H groups in total. The first-order chi connectivity index (χ1) is 12.1. The molecule has 1 heterocycles. The van der Waals surface area contributed by atoms with E-state index in [1.807, 2.05) is 12.1 Å². The van der Waals surface area contributed by atoms with E-state index in [-0.39, 0.29) is 0 Å². The van der Waals surface area contributed by atoms with Crippen molar-refractivity contribution in [2.45, 2.75) is 6.10 Å². The Kier molecular flexibility index (Phi) is 5.02. The molecule has 0 aliphatic rings. The molecule has 0 fully saturated rings. The van der Waals surface area contributed by atoms with Crippen molar-refractivity contribution in [3.8, 4) is 5.69 Å². The SMILES string of the molecule is COC(=O)Nc1ccccc1C(O)c1ccn(-c2ccc(Cl)cc2)n1. The van der Waals surface area contributed by atoms with E-state index in [0.29, 0.717) is 22.0 Å². The van der Waals surface area contributed by atoms with Gasteiger partial charge in [0.25, 0.3) is 0 Å². The van der Waals surface area contributed by atoms with Crippen LogP contribution in [0.5, 0.6) is 0 Å². The Morgan fingerprint density at radius 1 is 1.20 bits per heavy atom. The van der Waals surface area contributed by atoms with Gasteiger partial charge in [0, 0.05) is 16.8 Å². The maximum absolute atomic E-state index is 11.5. The lowest BCUT2D eigenvalue weighted by Crippen LogP contribution is -2.14. The summed E-state index contributed by atoms with van der Waals surface area (Å²) in [5, 5.41) is 18.3. The largest absolute Gasteiger partial charge is 0.453 e. The number of nitrogens with zero attached hydrogens (tertiary/aromatic N) is 2. The molecule has 2 aromatic carbocycles. The number of aliphatic hydroxyl groups excluding tert-OH is 1. The van der Waals surface area contributed by atoms with Crippen LogP contribution < -0.4 is 5.32 Å². The van der Waals surface area contributed by atoms with E-state index in [4.69, 9.17) is 11.6 Å². The molecule has 1 unspecified atom stereocenters. The van der Waals surface area contributed by atoms with E-state index in [1.165, 1.54) is 7.11 Å². The summed E-state index contributed by atoms with van der Waals surface area (Å²) in [6.07, 6.45) is 0.145. The van der Waals surface area contributed by atoms with E-state index in [9.17, 15) is 9.90 Å². The van der Waals surface area contributed by atoms with Crippen LogP contribution in [-0.4, -0.2) is 28.1 Å². The predicted octanol–water partition coefficient (Wildman–Crippen LogP) is 3.79.